The zero-order valence-electron chi connectivity index (χ0n) is 16.1. The van der Waals surface area contributed by atoms with Crippen LogP contribution in [-0.4, -0.2) is 43.3 Å². The molecular weight excluding hydrogens is 398 g/mol. The van der Waals surface area contributed by atoms with Crippen molar-refractivity contribution in [1.82, 2.24) is 4.57 Å². The third kappa shape index (κ3) is 4.28. The Balaban J connectivity index is 2.16. The van der Waals surface area contributed by atoms with E-state index in [0.29, 0.717) is 35.0 Å². The van der Waals surface area contributed by atoms with Gasteiger partial charge in [-0.25, -0.2) is 0 Å². The SMILES string of the molecule is COCCn1c(=NC(=O)c2cc(OC)ccc2OC)sc2ccc([N+](=O)[O-])cc21. The average molecular weight is 417 g/mol. The topological polar surface area (TPSA) is 105 Å². The fourth-order valence-electron chi connectivity index (χ4n) is 2.78. The van der Waals surface area contributed by atoms with E-state index in [0.717, 1.165) is 4.70 Å². The molecule has 152 valence electrons. The second-order valence-corrected chi connectivity index (χ2v) is 6.93. The first-order chi connectivity index (χ1) is 14.0. The zero-order chi connectivity index (χ0) is 21.0. The van der Waals surface area contributed by atoms with Crippen LogP contribution >= 0.6 is 11.3 Å². The molecule has 2 aromatic carbocycles. The second-order valence-electron chi connectivity index (χ2n) is 5.92. The Labute approximate surface area is 169 Å². The highest BCUT2D eigenvalue weighted by Crippen LogP contribution is 2.26. The first kappa shape index (κ1) is 20.5. The highest BCUT2D eigenvalue weighted by atomic mass is 32.1. The van der Waals surface area contributed by atoms with Gasteiger partial charge < -0.3 is 18.8 Å². The summed E-state index contributed by atoms with van der Waals surface area (Å²) in [4.78, 5) is 28.2. The second kappa shape index (κ2) is 8.84. The molecule has 3 aromatic rings. The third-order valence-corrected chi connectivity index (χ3v) is 5.29. The summed E-state index contributed by atoms with van der Waals surface area (Å²) in [6.45, 7) is 0.747. The van der Waals surface area contributed by atoms with Crippen LogP contribution in [0.4, 0.5) is 5.69 Å². The first-order valence-electron chi connectivity index (χ1n) is 8.56. The summed E-state index contributed by atoms with van der Waals surface area (Å²) in [7, 11) is 4.53. The highest BCUT2D eigenvalue weighted by Gasteiger charge is 2.16. The maximum Gasteiger partial charge on any atom is 0.283 e. The number of methoxy groups -OCH3 is 3. The van der Waals surface area contributed by atoms with Crippen LogP contribution in [0.3, 0.4) is 0 Å². The molecule has 29 heavy (non-hydrogen) atoms. The van der Waals surface area contributed by atoms with Crippen molar-refractivity contribution in [3.8, 4) is 11.5 Å². The highest BCUT2D eigenvalue weighted by molar-refractivity contribution is 7.16. The summed E-state index contributed by atoms with van der Waals surface area (Å²) >= 11 is 1.27. The van der Waals surface area contributed by atoms with Crippen molar-refractivity contribution in [3.63, 3.8) is 0 Å². The van der Waals surface area contributed by atoms with Crippen molar-refractivity contribution in [2.24, 2.45) is 4.99 Å². The van der Waals surface area contributed by atoms with Crippen LogP contribution < -0.4 is 14.3 Å². The molecular formula is C19H19N3O6S. The van der Waals surface area contributed by atoms with E-state index in [2.05, 4.69) is 4.99 Å². The summed E-state index contributed by atoms with van der Waals surface area (Å²) in [6, 6.07) is 9.43. The van der Waals surface area contributed by atoms with Gasteiger partial charge in [0.25, 0.3) is 11.6 Å². The number of ether oxygens (including phenoxy) is 3. The Morgan fingerprint density at radius 2 is 1.97 bits per heavy atom. The van der Waals surface area contributed by atoms with Crippen molar-refractivity contribution in [3.05, 3.63) is 56.9 Å². The summed E-state index contributed by atoms with van der Waals surface area (Å²) in [5.41, 5.74) is 0.841. The fraction of sp³-hybridized carbons (Fsp3) is 0.263. The Kier molecular flexibility index (Phi) is 6.25. The van der Waals surface area contributed by atoms with Crippen molar-refractivity contribution >= 4 is 33.1 Å². The van der Waals surface area contributed by atoms with Gasteiger partial charge in [0.2, 0.25) is 0 Å². The van der Waals surface area contributed by atoms with Gasteiger partial charge in [-0.05, 0) is 24.3 Å². The molecule has 1 heterocycles. The lowest BCUT2D eigenvalue weighted by Crippen LogP contribution is -2.19. The lowest BCUT2D eigenvalue weighted by atomic mass is 10.2. The van der Waals surface area contributed by atoms with Gasteiger partial charge in [0.1, 0.15) is 11.5 Å². The predicted molar refractivity (Wildman–Crippen MR) is 108 cm³/mol. The molecule has 0 bridgehead atoms. The van der Waals surface area contributed by atoms with Gasteiger partial charge in [-0.2, -0.15) is 4.99 Å². The maximum absolute atomic E-state index is 12.9. The van der Waals surface area contributed by atoms with Crippen LogP contribution in [-0.2, 0) is 11.3 Å². The molecule has 0 N–H and O–H groups in total. The number of carbonyl (C=O) groups excluding carboxylic acids is 1. The van der Waals surface area contributed by atoms with E-state index in [-0.39, 0.29) is 11.3 Å². The summed E-state index contributed by atoms with van der Waals surface area (Å²) < 4.78 is 18.1. The van der Waals surface area contributed by atoms with Crippen molar-refractivity contribution in [2.45, 2.75) is 6.54 Å². The minimum absolute atomic E-state index is 0.0335. The van der Waals surface area contributed by atoms with Gasteiger partial charge in [-0.1, -0.05) is 11.3 Å². The normalized spacial score (nSPS) is 11.6. The molecule has 0 saturated heterocycles. The Morgan fingerprint density at radius 1 is 1.17 bits per heavy atom. The number of fused-ring (bicyclic) bond motifs is 1. The van der Waals surface area contributed by atoms with Crippen LogP contribution in [0.5, 0.6) is 11.5 Å². The quantitative estimate of drug-likeness (QED) is 0.432. The van der Waals surface area contributed by atoms with Crippen LogP contribution in [0.1, 0.15) is 10.4 Å². The summed E-state index contributed by atoms with van der Waals surface area (Å²) in [5, 5.41) is 11.1. The summed E-state index contributed by atoms with van der Waals surface area (Å²) in [5.74, 6) is 0.372. The van der Waals surface area contributed by atoms with Crippen molar-refractivity contribution in [2.75, 3.05) is 27.9 Å². The van der Waals surface area contributed by atoms with E-state index in [9.17, 15) is 14.9 Å². The zero-order valence-corrected chi connectivity index (χ0v) is 16.9. The Hall–Kier alpha value is -3.24. The molecule has 0 radical (unpaired) electrons. The van der Waals surface area contributed by atoms with Crippen molar-refractivity contribution in [1.29, 1.82) is 0 Å². The molecule has 0 fully saturated rings. The van der Waals surface area contributed by atoms with Gasteiger partial charge in [0, 0.05) is 25.8 Å². The summed E-state index contributed by atoms with van der Waals surface area (Å²) in [6.07, 6.45) is 0. The Bertz CT molecular complexity index is 1130. The minimum atomic E-state index is -0.507. The number of carbonyl (C=O) groups is 1. The van der Waals surface area contributed by atoms with Gasteiger partial charge in [-0.3, -0.25) is 14.9 Å². The van der Waals surface area contributed by atoms with Crippen molar-refractivity contribution < 1.29 is 23.9 Å². The molecule has 0 unspecified atom stereocenters. The van der Waals surface area contributed by atoms with Gasteiger partial charge in [0.15, 0.2) is 4.80 Å². The molecule has 9 nitrogen and oxygen atoms in total. The van der Waals surface area contributed by atoms with Crippen LogP contribution in [0.2, 0.25) is 0 Å². The third-order valence-electron chi connectivity index (χ3n) is 4.23. The standard InChI is InChI=1S/C19H19N3O6S/c1-26-9-8-21-15-10-12(22(24)25)4-7-17(15)29-19(21)20-18(23)14-11-13(27-2)5-6-16(14)28-3/h4-7,10-11H,8-9H2,1-3H3. The number of hydrogen-bond acceptors (Lipinski definition) is 7. The Morgan fingerprint density at radius 3 is 2.62 bits per heavy atom. The number of aromatic nitrogens is 1. The van der Waals surface area contributed by atoms with E-state index < -0.39 is 10.8 Å². The molecule has 0 atom stereocenters. The molecule has 10 heteroatoms. The number of nitro groups is 1. The lowest BCUT2D eigenvalue weighted by molar-refractivity contribution is -0.384. The number of thiazole rings is 1. The minimum Gasteiger partial charge on any atom is -0.497 e. The predicted octanol–water partition coefficient (Wildman–Crippen LogP) is 3.02. The number of benzene rings is 2. The number of non-ortho nitro benzene ring substituents is 1. The number of hydrogen-bond donors (Lipinski definition) is 0. The monoisotopic (exact) mass is 417 g/mol. The number of nitro benzene ring substituents is 1. The van der Waals surface area contributed by atoms with Crippen LogP contribution in [0.15, 0.2) is 41.4 Å². The molecule has 0 saturated carbocycles. The molecule has 3 rings (SSSR count). The molecule has 0 aliphatic carbocycles. The maximum atomic E-state index is 12.9. The molecule has 0 aliphatic heterocycles. The molecule has 1 amide bonds. The van der Waals surface area contributed by atoms with E-state index in [1.165, 1.54) is 37.7 Å². The fourth-order valence-corrected chi connectivity index (χ4v) is 3.82. The van der Waals surface area contributed by atoms with Gasteiger partial charge >= 0.3 is 0 Å². The smallest absolute Gasteiger partial charge is 0.283 e. The number of rotatable bonds is 7. The molecule has 1 aromatic heterocycles. The first-order valence-corrected chi connectivity index (χ1v) is 9.38. The van der Waals surface area contributed by atoms with E-state index in [4.69, 9.17) is 14.2 Å². The molecule has 0 aliphatic rings. The van der Waals surface area contributed by atoms with E-state index in [1.807, 2.05) is 0 Å². The number of nitrogens with zero attached hydrogens (tertiary/aromatic N) is 3. The lowest BCUT2D eigenvalue weighted by Gasteiger charge is -2.08. The van der Waals surface area contributed by atoms with Gasteiger partial charge in [-0.15, -0.1) is 0 Å². The van der Waals surface area contributed by atoms with E-state index in [1.54, 1.807) is 35.9 Å². The van der Waals surface area contributed by atoms with Gasteiger partial charge in [0.05, 0.1) is 41.5 Å². The van der Waals surface area contributed by atoms with E-state index >= 15 is 0 Å². The van der Waals surface area contributed by atoms with Crippen LogP contribution in [0, 0.1) is 10.1 Å². The number of amides is 1. The average Bonchev–Trinajstić information content (AvgIpc) is 3.07. The van der Waals surface area contributed by atoms with Crippen LogP contribution in [0.25, 0.3) is 10.2 Å². The molecule has 0 spiro atoms. The largest absolute Gasteiger partial charge is 0.497 e.